The molecule has 0 saturated heterocycles. The molecule has 2 unspecified atom stereocenters. The van der Waals surface area contributed by atoms with Crippen molar-refractivity contribution in [3.8, 4) is 11.5 Å². The van der Waals surface area contributed by atoms with E-state index in [0.29, 0.717) is 17.0 Å². The van der Waals surface area contributed by atoms with Crippen LogP contribution in [-0.4, -0.2) is 52.7 Å². The molecule has 2 aromatic rings. The zero-order valence-corrected chi connectivity index (χ0v) is 21.3. The van der Waals surface area contributed by atoms with Crippen LogP contribution >= 0.6 is 0 Å². The Labute approximate surface area is 206 Å². The zero-order valence-electron chi connectivity index (χ0n) is 21.3. The molecule has 9 nitrogen and oxygen atoms in total. The van der Waals surface area contributed by atoms with E-state index in [9.17, 15) is 19.5 Å². The molecule has 0 aromatic heterocycles. The molecule has 0 fully saturated rings. The third-order valence-electron chi connectivity index (χ3n) is 4.98. The molecule has 190 valence electrons. The Morgan fingerprint density at radius 3 is 2.14 bits per heavy atom. The van der Waals surface area contributed by atoms with E-state index in [1.165, 1.54) is 24.0 Å². The molecule has 2 rings (SSSR count). The van der Waals surface area contributed by atoms with E-state index >= 15 is 0 Å². The lowest BCUT2D eigenvalue weighted by Gasteiger charge is -2.36. The third kappa shape index (κ3) is 7.91. The minimum Gasteiger partial charge on any atom is -0.508 e. The van der Waals surface area contributed by atoms with Crippen molar-refractivity contribution in [3.63, 3.8) is 0 Å². The second-order valence-corrected chi connectivity index (χ2v) is 9.42. The number of carbonyl (C=O) groups excluding carboxylic acids is 3. The first-order chi connectivity index (χ1) is 16.3. The fourth-order valence-corrected chi connectivity index (χ4v) is 3.47. The van der Waals surface area contributed by atoms with Gasteiger partial charge in [0.05, 0.1) is 7.11 Å². The first kappa shape index (κ1) is 27.5. The monoisotopic (exact) mass is 485 g/mol. The van der Waals surface area contributed by atoms with Crippen molar-refractivity contribution < 1.29 is 29.0 Å². The molecule has 0 saturated carbocycles. The molecule has 0 heterocycles. The molecule has 9 heteroatoms. The maximum atomic E-state index is 13.5. The number of nitrogens with zero attached hydrogens (tertiary/aromatic N) is 1. The summed E-state index contributed by atoms with van der Waals surface area (Å²) in [5.74, 6) is -0.370. The standard InChI is InChI=1S/C26H35N3O6/c1-16(2)29(24(32)17(3)27-25(33)35-26(4,5)6)22(18-9-8-10-20(30)15-18)23(31)28-19-11-13-21(34-7)14-12-19/h8-17,22,30H,1-7H3,(H,27,33)(H,28,31). The Kier molecular flexibility index (Phi) is 9.11. The highest BCUT2D eigenvalue weighted by Gasteiger charge is 2.36. The van der Waals surface area contributed by atoms with Crippen LogP contribution in [0.4, 0.5) is 10.5 Å². The number of benzene rings is 2. The summed E-state index contributed by atoms with van der Waals surface area (Å²) in [5, 5.41) is 15.4. The van der Waals surface area contributed by atoms with Crippen molar-refractivity contribution in [3.05, 3.63) is 54.1 Å². The molecule has 2 atom stereocenters. The highest BCUT2D eigenvalue weighted by molar-refractivity contribution is 5.99. The van der Waals surface area contributed by atoms with Gasteiger partial charge in [-0.25, -0.2) is 4.79 Å². The van der Waals surface area contributed by atoms with Gasteiger partial charge in [0, 0.05) is 11.7 Å². The second kappa shape index (κ2) is 11.6. The molecular formula is C26H35N3O6. The van der Waals surface area contributed by atoms with Crippen LogP contribution < -0.4 is 15.4 Å². The van der Waals surface area contributed by atoms with Gasteiger partial charge < -0.3 is 30.1 Å². The normalized spacial score (nSPS) is 12.9. The predicted octanol–water partition coefficient (Wildman–Crippen LogP) is 4.23. The fraction of sp³-hybridized carbons (Fsp3) is 0.423. The number of amides is 3. The number of carbonyl (C=O) groups is 3. The lowest BCUT2D eigenvalue weighted by atomic mass is 10.0. The predicted molar refractivity (Wildman–Crippen MR) is 133 cm³/mol. The van der Waals surface area contributed by atoms with Crippen LogP contribution in [0, 0.1) is 0 Å². The van der Waals surface area contributed by atoms with Crippen LogP contribution in [0.25, 0.3) is 0 Å². The quantitative estimate of drug-likeness (QED) is 0.515. The van der Waals surface area contributed by atoms with Gasteiger partial charge in [0.25, 0.3) is 5.91 Å². The van der Waals surface area contributed by atoms with E-state index in [2.05, 4.69) is 10.6 Å². The average Bonchev–Trinajstić information content (AvgIpc) is 2.75. The number of anilines is 1. The number of hydrogen-bond acceptors (Lipinski definition) is 6. The van der Waals surface area contributed by atoms with Gasteiger partial charge in [-0.3, -0.25) is 9.59 Å². The summed E-state index contributed by atoms with van der Waals surface area (Å²) in [6.07, 6.45) is -0.737. The van der Waals surface area contributed by atoms with Crippen molar-refractivity contribution in [2.24, 2.45) is 0 Å². The highest BCUT2D eigenvalue weighted by atomic mass is 16.6. The first-order valence-electron chi connectivity index (χ1n) is 11.4. The van der Waals surface area contributed by atoms with Gasteiger partial charge in [0.1, 0.15) is 29.2 Å². The van der Waals surface area contributed by atoms with E-state index in [1.54, 1.807) is 78.1 Å². The lowest BCUT2D eigenvalue weighted by molar-refractivity contribution is -0.142. The SMILES string of the molecule is COc1ccc(NC(=O)C(c2cccc(O)c2)N(C(=O)C(C)NC(=O)OC(C)(C)C)C(C)C)cc1. The molecule has 0 bridgehead atoms. The molecule has 0 aliphatic heterocycles. The number of rotatable bonds is 8. The molecule has 0 aliphatic carbocycles. The van der Waals surface area contributed by atoms with E-state index in [-0.39, 0.29) is 5.75 Å². The number of phenolic OH excluding ortho intramolecular Hbond substituents is 1. The molecule has 3 amide bonds. The second-order valence-electron chi connectivity index (χ2n) is 9.42. The number of hydrogen-bond donors (Lipinski definition) is 3. The summed E-state index contributed by atoms with van der Waals surface area (Å²) in [7, 11) is 1.55. The number of aromatic hydroxyl groups is 1. The Morgan fingerprint density at radius 1 is 1.00 bits per heavy atom. The molecular weight excluding hydrogens is 450 g/mol. The zero-order chi connectivity index (χ0) is 26.3. The lowest BCUT2D eigenvalue weighted by Crippen LogP contribution is -2.53. The number of nitrogens with one attached hydrogen (secondary N) is 2. The minimum absolute atomic E-state index is 0.0409. The molecule has 2 aromatic carbocycles. The summed E-state index contributed by atoms with van der Waals surface area (Å²) >= 11 is 0. The highest BCUT2D eigenvalue weighted by Crippen LogP contribution is 2.29. The van der Waals surface area contributed by atoms with E-state index in [0.717, 1.165) is 0 Å². The van der Waals surface area contributed by atoms with Crippen molar-refractivity contribution in [2.75, 3.05) is 12.4 Å². The Bertz CT molecular complexity index is 1030. The van der Waals surface area contributed by atoms with E-state index in [4.69, 9.17) is 9.47 Å². The van der Waals surface area contributed by atoms with Gasteiger partial charge >= 0.3 is 6.09 Å². The summed E-state index contributed by atoms with van der Waals surface area (Å²) in [6, 6.07) is 10.5. The van der Waals surface area contributed by atoms with Crippen LogP contribution in [0.15, 0.2) is 48.5 Å². The topological polar surface area (TPSA) is 117 Å². The van der Waals surface area contributed by atoms with Gasteiger partial charge in [-0.2, -0.15) is 0 Å². The van der Waals surface area contributed by atoms with Crippen molar-refractivity contribution in [2.45, 2.75) is 65.3 Å². The smallest absolute Gasteiger partial charge is 0.408 e. The van der Waals surface area contributed by atoms with Crippen LogP contribution in [0.5, 0.6) is 11.5 Å². The largest absolute Gasteiger partial charge is 0.508 e. The maximum Gasteiger partial charge on any atom is 0.408 e. The van der Waals surface area contributed by atoms with Crippen molar-refractivity contribution in [1.29, 1.82) is 0 Å². The number of phenols is 1. The van der Waals surface area contributed by atoms with Gasteiger partial charge in [-0.15, -0.1) is 0 Å². The third-order valence-corrected chi connectivity index (χ3v) is 4.98. The maximum absolute atomic E-state index is 13.5. The molecule has 0 spiro atoms. The summed E-state index contributed by atoms with van der Waals surface area (Å²) < 4.78 is 10.4. The minimum atomic E-state index is -1.08. The first-order valence-corrected chi connectivity index (χ1v) is 11.4. The number of ether oxygens (including phenoxy) is 2. The number of alkyl carbamates (subject to hydrolysis) is 1. The Hall–Kier alpha value is -3.75. The number of methoxy groups -OCH3 is 1. The fourth-order valence-electron chi connectivity index (χ4n) is 3.47. The van der Waals surface area contributed by atoms with E-state index < -0.39 is 41.6 Å². The Balaban J connectivity index is 2.39. The Morgan fingerprint density at radius 2 is 1.63 bits per heavy atom. The van der Waals surface area contributed by atoms with Crippen molar-refractivity contribution >= 4 is 23.6 Å². The molecule has 0 radical (unpaired) electrons. The summed E-state index contributed by atoms with van der Waals surface area (Å²) in [4.78, 5) is 40.7. The summed E-state index contributed by atoms with van der Waals surface area (Å²) in [6.45, 7) is 10.2. The van der Waals surface area contributed by atoms with Gasteiger partial charge in [0.2, 0.25) is 5.91 Å². The molecule has 3 N–H and O–H groups in total. The van der Waals surface area contributed by atoms with Gasteiger partial charge in [0.15, 0.2) is 0 Å². The van der Waals surface area contributed by atoms with Gasteiger partial charge in [-0.05, 0) is 83.5 Å². The van der Waals surface area contributed by atoms with Crippen LogP contribution in [0.2, 0.25) is 0 Å². The average molecular weight is 486 g/mol. The van der Waals surface area contributed by atoms with Crippen LogP contribution in [0.3, 0.4) is 0 Å². The van der Waals surface area contributed by atoms with Crippen molar-refractivity contribution in [1.82, 2.24) is 10.2 Å². The van der Waals surface area contributed by atoms with Crippen LogP contribution in [0.1, 0.15) is 53.1 Å². The van der Waals surface area contributed by atoms with E-state index in [1.807, 2.05) is 0 Å². The summed E-state index contributed by atoms with van der Waals surface area (Å²) in [5.41, 5.74) is 0.201. The van der Waals surface area contributed by atoms with Crippen LogP contribution in [-0.2, 0) is 14.3 Å². The molecule has 35 heavy (non-hydrogen) atoms. The molecule has 0 aliphatic rings. The van der Waals surface area contributed by atoms with Gasteiger partial charge in [-0.1, -0.05) is 12.1 Å².